The van der Waals surface area contributed by atoms with Gasteiger partial charge < -0.3 is 24.5 Å². The van der Waals surface area contributed by atoms with E-state index in [0.29, 0.717) is 28.7 Å². The zero-order valence-electron chi connectivity index (χ0n) is 21.1. The van der Waals surface area contributed by atoms with Gasteiger partial charge in [-0.25, -0.2) is 4.98 Å². The van der Waals surface area contributed by atoms with Gasteiger partial charge in [-0.3, -0.25) is 4.79 Å². The predicted octanol–water partition coefficient (Wildman–Crippen LogP) is 4.05. The van der Waals surface area contributed by atoms with E-state index in [-0.39, 0.29) is 18.0 Å². The molecule has 2 aromatic heterocycles. The lowest BCUT2D eigenvalue weighted by Crippen LogP contribution is -2.41. The van der Waals surface area contributed by atoms with Crippen molar-refractivity contribution in [3.05, 3.63) is 47.5 Å². The highest BCUT2D eigenvalue weighted by atomic mass is 16.5. The van der Waals surface area contributed by atoms with Gasteiger partial charge in [-0.2, -0.15) is 5.26 Å². The molecule has 37 heavy (non-hydrogen) atoms. The summed E-state index contributed by atoms with van der Waals surface area (Å²) in [6.07, 6.45) is 4.53. The molecule has 2 bridgehead atoms. The van der Waals surface area contributed by atoms with E-state index in [1.54, 1.807) is 7.11 Å². The SMILES string of the molecule is COc1cc(C(=O)N2C[C@H]3CC[C@@H]2[C@@H]3N)cc2nc(-c3cc4ccc(C#N)cc4n3CC3CC3)n(C)c12. The van der Waals surface area contributed by atoms with Crippen LogP contribution in [0, 0.1) is 23.2 Å². The van der Waals surface area contributed by atoms with Gasteiger partial charge >= 0.3 is 0 Å². The molecule has 8 heteroatoms. The van der Waals surface area contributed by atoms with Crippen LogP contribution in [0.25, 0.3) is 33.5 Å². The Morgan fingerprint density at radius 2 is 2.03 bits per heavy atom. The van der Waals surface area contributed by atoms with Gasteiger partial charge in [0, 0.05) is 48.7 Å². The third-order valence-electron chi connectivity index (χ3n) is 8.72. The van der Waals surface area contributed by atoms with Crippen molar-refractivity contribution in [2.45, 2.75) is 44.3 Å². The second-order valence-electron chi connectivity index (χ2n) is 10.9. The molecule has 0 spiro atoms. The smallest absolute Gasteiger partial charge is 0.254 e. The molecule has 0 unspecified atom stereocenters. The molecule has 1 aliphatic heterocycles. The highest BCUT2D eigenvalue weighted by Gasteiger charge is 2.47. The van der Waals surface area contributed by atoms with E-state index in [9.17, 15) is 10.1 Å². The van der Waals surface area contributed by atoms with Crippen LogP contribution in [-0.4, -0.2) is 50.7 Å². The van der Waals surface area contributed by atoms with Crippen molar-refractivity contribution in [2.75, 3.05) is 13.7 Å². The van der Waals surface area contributed by atoms with Crippen molar-refractivity contribution < 1.29 is 9.53 Å². The quantitative estimate of drug-likeness (QED) is 0.451. The molecule has 3 aliphatic rings. The first kappa shape index (κ1) is 22.4. The molecule has 1 saturated heterocycles. The molecule has 2 N–H and O–H groups in total. The van der Waals surface area contributed by atoms with Crippen LogP contribution < -0.4 is 10.5 Å². The number of imidazole rings is 1. The summed E-state index contributed by atoms with van der Waals surface area (Å²) in [5, 5.41) is 10.6. The van der Waals surface area contributed by atoms with E-state index in [4.69, 9.17) is 15.5 Å². The van der Waals surface area contributed by atoms with Gasteiger partial charge in [0.25, 0.3) is 5.91 Å². The largest absolute Gasteiger partial charge is 0.494 e. The molecule has 0 radical (unpaired) electrons. The lowest BCUT2D eigenvalue weighted by atomic mass is 10.1. The number of hydrogen-bond donors (Lipinski definition) is 1. The normalized spacial score (nSPS) is 22.8. The van der Waals surface area contributed by atoms with Crippen LogP contribution in [0.3, 0.4) is 0 Å². The topological polar surface area (TPSA) is 102 Å². The molecular weight excluding hydrogens is 464 g/mol. The third-order valence-corrected chi connectivity index (χ3v) is 8.72. The second kappa shape index (κ2) is 8.09. The summed E-state index contributed by atoms with van der Waals surface area (Å²) in [7, 11) is 3.63. The van der Waals surface area contributed by atoms with Gasteiger partial charge in [0.15, 0.2) is 5.82 Å². The Morgan fingerprint density at radius 1 is 1.19 bits per heavy atom. The van der Waals surface area contributed by atoms with E-state index < -0.39 is 0 Å². The highest BCUT2D eigenvalue weighted by Crippen LogP contribution is 2.40. The number of carbonyl (C=O) groups is 1. The number of fused-ring (bicyclic) bond motifs is 4. The van der Waals surface area contributed by atoms with Crippen molar-refractivity contribution in [1.82, 2.24) is 19.0 Å². The maximum atomic E-state index is 13.6. The maximum absolute atomic E-state index is 13.6. The molecule has 188 valence electrons. The minimum Gasteiger partial charge on any atom is -0.494 e. The van der Waals surface area contributed by atoms with Crippen molar-refractivity contribution in [2.24, 2.45) is 24.6 Å². The fourth-order valence-corrected chi connectivity index (χ4v) is 6.53. The van der Waals surface area contributed by atoms with E-state index >= 15 is 0 Å². The third kappa shape index (κ3) is 3.37. The van der Waals surface area contributed by atoms with Crippen LogP contribution in [0.1, 0.15) is 41.6 Å². The van der Waals surface area contributed by atoms with Crippen molar-refractivity contribution in [3.63, 3.8) is 0 Å². The number of methoxy groups -OCH3 is 1. The second-order valence-corrected chi connectivity index (χ2v) is 10.9. The number of nitriles is 1. The number of likely N-dealkylation sites (tertiary alicyclic amines) is 1. The summed E-state index contributed by atoms with van der Waals surface area (Å²) in [4.78, 5) is 20.6. The minimum atomic E-state index is 0.00179. The molecule has 3 heterocycles. The Labute approximate surface area is 215 Å². The molecule has 7 rings (SSSR count). The number of nitrogens with two attached hydrogens (primary N) is 1. The fraction of sp³-hybridized carbons (Fsp3) is 0.414. The van der Waals surface area contributed by atoms with Crippen LogP contribution in [0.2, 0.25) is 0 Å². The summed E-state index contributed by atoms with van der Waals surface area (Å²) in [5.74, 6) is 2.50. The predicted molar refractivity (Wildman–Crippen MR) is 141 cm³/mol. The fourth-order valence-electron chi connectivity index (χ4n) is 6.53. The van der Waals surface area contributed by atoms with Crippen molar-refractivity contribution in [1.29, 1.82) is 5.26 Å². The van der Waals surface area contributed by atoms with Crippen molar-refractivity contribution in [3.8, 4) is 23.3 Å². The Hall–Kier alpha value is -3.83. The van der Waals surface area contributed by atoms with E-state index in [1.165, 1.54) is 12.8 Å². The van der Waals surface area contributed by atoms with Crippen LogP contribution in [-0.2, 0) is 13.6 Å². The van der Waals surface area contributed by atoms with Crippen LogP contribution >= 0.6 is 0 Å². The van der Waals surface area contributed by atoms with E-state index in [0.717, 1.165) is 59.4 Å². The van der Waals surface area contributed by atoms with Crippen molar-refractivity contribution >= 4 is 27.8 Å². The first-order valence-electron chi connectivity index (χ1n) is 13.1. The van der Waals surface area contributed by atoms with Gasteiger partial charge in [-0.15, -0.1) is 0 Å². The summed E-state index contributed by atoms with van der Waals surface area (Å²) in [5.41, 5.74) is 11.3. The van der Waals surface area contributed by atoms with Gasteiger partial charge in [-0.1, -0.05) is 6.07 Å². The first-order chi connectivity index (χ1) is 18.0. The minimum absolute atomic E-state index is 0.00179. The number of carbonyl (C=O) groups excluding carboxylic acids is 1. The summed E-state index contributed by atoms with van der Waals surface area (Å²) in [6, 6.07) is 14.2. The molecule has 2 aromatic carbocycles. The number of hydrogen-bond acceptors (Lipinski definition) is 5. The molecule has 1 amide bonds. The van der Waals surface area contributed by atoms with Gasteiger partial charge in [-0.05, 0) is 67.9 Å². The number of nitrogens with zero attached hydrogens (tertiary/aromatic N) is 5. The first-order valence-corrected chi connectivity index (χ1v) is 13.1. The van der Waals surface area contributed by atoms with Crippen LogP contribution in [0.5, 0.6) is 5.75 Å². The van der Waals surface area contributed by atoms with Gasteiger partial charge in [0.05, 0.1) is 30.0 Å². The average molecular weight is 495 g/mol. The summed E-state index contributed by atoms with van der Waals surface area (Å²) < 4.78 is 10.1. The standard InChI is InChI=1S/C29H30N6O2/c1-33-27-21(10-20(12-25(27)37-2)29(36)35-15-19-7-8-22(35)26(19)31)32-28(33)24-11-18-6-5-17(13-30)9-23(18)34(24)14-16-3-4-16/h5-6,9-12,16,19,22,26H,3-4,7-8,14-15,31H2,1-2H3/t19-,22-,26-/m1/s1. The maximum Gasteiger partial charge on any atom is 0.254 e. The number of ether oxygens (including phenoxy) is 1. The Morgan fingerprint density at radius 3 is 2.70 bits per heavy atom. The number of aromatic nitrogens is 3. The molecule has 4 aromatic rings. The summed E-state index contributed by atoms with van der Waals surface area (Å²) in [6.45, 7) is 1.63. The molecule has 3 atom stereocenters. The Kier molecular flexibility index (Phi) is 4.89. The lowest BCUT2D eigenvalue weighted by molar-refractivity contribution is 0.0700. The lowest BCUT2D eigenvalue weighted by Gasteiger charge is -2.27. The Bertz CT molecular complexity index is 1620. The number of rotatable bonds is 5. The highest BCUT2D eigenvalue weighted by molar-refractivity contribution is 6.00. The molecule has 3 fully saturated rings. The van der Waals surface area contributed by atoms with E-state index in [1.807, 2.05) is 42.3 Å². The van der Waals surface area contributed by atoms with Crippen LogP contribution in [0.4, 0.5) is 0 Å². The number of piperidine rings is 1. The number of amides is 1. The molecule has 8 nitrogen and oxygen atoms in total. The van der Waals surface area contributed by atoms with E-state index in [2.05, 4.69) is 21.3 Å². The van der Waals surface area contributed by atoms with Crippen LogP contribution in [0.15, 0.2) is 36.4 Å². The molecular formula is C29H30N6O2. The molecule has 2 aliphatic carbocycles. The zero-order chi connectivity index (χ0) is 25.4. The monoisotopic (exact) mass is 494 g/mol. The molecule has 2 saturated carbocycles. The summed E-state index contributed by atoms with van der Waals surface area (Å²) >= 11 is 0. The number of benzene rings is 2. The zero-order valence-corrected chi connectivity index (χ0v) is 21.1. The van der Waals surface area contributed by atoms with Gasteiger partial charge in [0.1, 0.15) is 11.3 Å². The average Bonchev–Trinajstić information content (AvgIpc) is 3.32. The Balaban J connectivity index is 1.36. The number of aryl methyl sites for hydroxylation is 1. The van der Waals surface area contributed by atoms with Gasteiger partial charge in [0.2, 0.25) is 0 Å².